The van der Waals surface area contributed by atoms with Gasteiger partial charge in [-0.25, -0.2) is 14.8 Å². The average Bonchev–Trinajstić information content (AvgIpc) is 3.09. The number of nitrogens with one attached hydrogen (secondary N) is 1. The van der Waals surface area contributed by atoms with E-state index in [1.54, 1.807) is 24.9 Å². The second-order valence-corrected chi connectivity index (χ2v) is 6.36. The number of likely N-dealkylation sites (tertiary alicyclic amines) is 1. The highest BCUT2D eigenvalue weighted by Crippen LogP contribution is 2.15. The maximum absolute atomic E-state index is 12.6. The van der Waals surface area contributed by atoms with Gasteiger partial charge < -0.3 is 15.0 Å². The lowest BCUT2D eigenvalue weighted by atomic mass is 10.2. The van der Waals surface area contributed by atoms with Crippen molar-refractivity contribution in [1.29, 1.82) is 0 Å². The van der Waals surface area contributed by atoms with Crippen molar-refractivity contribution < 1.29 is 14.3 Å². The number of ether oxygens (including phenoxy) is 1. The molecule has 1 N–H and O–H groups in total. The highest BCUT2D eigenvalue weighted by atomic mass is 16.5. The van der Waals surface area contributed by atoms with Gasteiger partial charge in [0, 0.05) is 19.3 Å². The summed E-state index contributed by atoms with van der Waals surface area (Å²) >= 11 is 0. The molecule has 1 fully saturated rings. The predicted octanol–water partition coefficient (Wildman–Crippen LogP) is 2.23. The third-order valence-corrected chi connectivity index (χ3v) is 4.34. The van der Waals surface area contributed by atoms with Crippen molar-refractivity contribution in [3.63, 3.8) is 0 Å². The van der Waals surface area contributed by atoms with Crippen LogP contribution in [0, 0.1) is 13.8 Å². The third kappa shape index (κ3) is 4.36. The molecule has 1 aromatic carbocycles. The first-order chi connectivity index (χ1) is 12.5. The summed E-state index contributed by atoms with van der Waals surface area (Å²) < 4.78 is 5.23. The Morgan fingerprint density at radius 3 is 2.77 bits per heavy atom. The first-order valence-electron chi connectivity index (χ1n) is 8.59. The van der Waals surface area contributed by atoms with E-state index >= 15 is 0 Å². The number of hydrogen-bond acceptors (Lipinski definition) is 5. The third-order valence-electron chi connectivity index (χ3n) is 4.34. The van der Waals surface area contributed by atoms with Gasteiger partial charge in [0.25, 0.3) is 5.91 Å². The Morgan fingerprint density at radius 2 is 2.04 bits per heavy atom. The van der Waals surface area contributed by atoms with Crippen molar-refractivity contribution in [3.05, 3.63) is 59.2 Å². The molecule has 1 aromatic heterocycles. The molecule has 1 aliphatic heterocycles. The van der Waals surface area contributed by atoms with E-state index in [1.807, 2.05) is 30.3 Å². The van der Waals surface area contributed by atoms with Gasteiger partial charge in [-0.1, -0.05) is 30.3 Å². The van der Waals surface area contributed by atoms with Gasteiger partial charge in [0.2, 0.25) is 0 Å². The minimum absolute atomic E-state index is 0.107. The number of amides is 2. The monoisotopic (exact) mass is 354 g/mol. The van der Waals surface area contributed by atoms with Gasteiger partial charge in [-0.3, -0.25) is 4.79 Å². The SMILES string of the molecule is Cc1ncc(C(=O)N2CC[C@@H](NC(=O)OCc3ccccc3)C2)c(C)n1. The first kappa shape index (κ1) is 17.8. The Balaban J connectivity index is 1.50. The molecule has 0 spiro atoms. The van der Waals surface area contributed by atoms with Crippen molar-refractivity contribution in [2.75, 3.05) is 13.1 Å². The van der Waals surface area contributed by atoms with Crippen LogP contribution in [0.5, 0.6) is 0 Å². The van der Waals surface area contributed by atoms with Crippen LogP contribution in [0.25, 0.3) is 0 Å². The van der Waals surface area contributed by atoms with Gasteiger partial charge in [0.1, 0.15) is 12.4 Å². The molecule has 3 rings (SSSR count). The maximum atomic E-state index is 12.6. The molecule has 0 aliphatic carbocycles. The number of nitrogens with zero attached hydrogens (tertiary/aromatic N) is 3. The van der Waals surface area contributed by atoms with Gasteiger partial charge in [-0.15, -0.1) is 0 Å². The highest BCUT2D eigenvalue weighted by Gasteiger charge is 2.29. The normalized spacial score (nSPS) is 16.4. The van der Waals surface area contributed by atoms with Crippen molar-refractivity contribution in [2.45, 2.75) is 32.9 Å². The molecule has 0 saturated carbocycles. The minimum Gasteiger partial charge on any atom is -0.445 e. The fraction of sp³-hybridized carbons (Fsp3) is 0.368. The van der Waals surface area contributed by atoms with E-state index in [0.717, 1.165) is 5.56 Å². The topological polar surface area (TPSA) is 84.4 Å². The van der Waals surface area contributed by atoms with E-state index in [-0.39, 0.29) is 18.6 Å². The summed E-state index contributed by atoms with van der Waals surface area (Å²) in [6.07, 6.45) is 1.79. The van der Waals surface area contributed by atoms with E-state index in [2.05, 4.69) is 15.3 Å². The molecule has 7 heteroatoms. The number of alkyl carbamates (subject to hydrolysis) is 1. The molecule has 2 amide bonds. The molecular weight excluding hydrogens is 332 g/mol. The minimum atomic E-state index is -0.469. The summed E-state index contributed by atoms with van der Waals surface area (Å²) in [4.78, 5) is 34.6. The summed E-state index contributed by atoms with van der Waals surface area (Å²) in [5.41, 5.74) is 2.10. The molecule has 26 heavy (non-hydrogen) atoms. The zero-order chi connectivity index (χ0) is 18.5. The standard InChI is InChI=1S/C19H22N4O3/c1-13-17(10-20-14(2)21-13)18(24)23-9-8-16(11-23)22-19(25)26-12-15-6-4-3-5-7-15/h3-7,10,16H,8-9,11-12H2,1-2H3,(H,22,25)/t16-/m1/s1. The molecule has 1 aliphatic rings. The number of hydrogen-bond donors (Lipinski definition) is 1. The summed E-state index contributed by atoms with van der Waals surface area (Å²) in [7, 11) is 0. The van der Waals surface area contributed by atoms with Crippen LogP contribution in [0.2, 0.25) is 0 Å². The van der Waals surface area contributed by atoms with Crippen LogP contribution in [0.4, 0.5) is 4.79 Å². The number of aromatic nitrogens is 2. The van der Waals surface area contributed by atoms with Crippen molar-refractivity contribution in [1.82, 2.24) is 20.2 Å². The van der Waals surface area contributed by atoms with Gasteiger partial charge >= 0.3 is 6.09 Å². The van der Waals surface area contributed by atoms with E-state index < -0.39 is 6.09 Å². The molecular formula is C19H22N4O3. The number of carbonyl (C=O) groups excluding carboxylic acids is 2. The molecule has 2 heterocycles. The van der Waals surface area contributed by atoms with Crippen LogP contribution >= 0.6 is 0 Å². The Morgan fingerprint density at radius 1 is 1.27 bits per heavy atom. The van der Waals surface area contributed by atoms with Crippen LogP contribution in [0.1, 0.15) is 33.9 Å². The Bertz CT molecular complexity index is 795. The fourth-order valence-corrected chi connectivity index (χ4v) is 2.96. The fourth-order valence-electron chi connectivity index (χ4n) is 2.96. The Kier molecular flexibility index (Phi) is 5.46. The molecule has 0 unspecified atom stereocenters. The zero-order valence-electron chi connectivity index (χ0n) is 14.9. The van der Waals surface area contributed by atoms with Gasteiger partial charge in [0.15, 0.2) is 0 Å². The molecule has 0 radical (unpaired) electrons. The molecule has 136 valence electrons. The van der Waals surface area contributed by atoms with Gasteiger partial charge in [-0.2, -0.15) is 0 Å². The average molecular weight is 354 g/mol. The summed E-state index contributed by atoms with van der Waals surface area (Å²) in [6, 6.07) is 9.38. The first-order valence-corrected chi connectivity index (χ1v) is 8.59. The Hall–Kier alpha value is -2.96. The lowest BCUT2D eigenvalue weighted by molar-refractivity contribution is 0.0785. The van der Waals surface area contributed by atoms with Gasteiger partial charge in [-0.05, 0) is 25.8 Å². The number of carbonyl (C=O) groups is 2. The van der Waals surface area contributed by atoms with Crippen LogP contribution in [-0.2, 0) is 11.3 Å². The van der Waals surface area contributed by atoms with Crippen LogP contribution in [0.15, 0.2) is 36.5 Å². The van der Waals surface area contributed by atoms with E-state index in [4.69, 9.17) is 4.74 Å². The summed E-state index contributed by atoms with van der Waals surface area (Å²) in [6.45, 7) is 4.84. The lowest BCUT2D eigenvalue weighted by Gasteiger charge is -2.18. The van der Waals surface area contributed by atoms with Crippen molar-refractivity contribution in [3.8, 4) is 0 Å². The van der Waals surface area contributed by atoms with Crippen LogP contribution < -0.4 is 5.32 Å². The maximum Gasteiger partial charge on any atom is 0.407 e. The number of benzene rings is 1. The van der Waals surface area contributed by atoms with Crippen molar-refractivity contribution in [2.24, 2.45) is 0 Å². The molecule has 7 nitrogen and oxygen atoms in total. The lowest BCUT2D eigenvalue weighted by Crippen LogP contribution is -2.38. The predicted molar refractivity (Wildman–Crippen MR) is 95.6 cm³/mol. The quantitative estimate of drug-likeness (QED) is 0.910. The van der Waals surface area contributed by atoms with Crippen LogP contribution in [0.3, 0.4) is 0 Å². The highest BCUT2D eigenvalue weighted by molar-refractivity contribution is 5.95. The molecule has 0 bridgehead atoms. The Labute approximate surface area is 152 Å². The van der Waals surface area contributed by atoms with Gasteiger partial charge in [0.05, 0.1) is 17.3 Å². The smallest absolute Gasteiger partial charge is 0.407 e. The number of rotatable bonds is 4. The largest absolute Gasteiger partial charge is 0.445 e. The zero-order valence-corrected chi connectivity index (χ0v) is 14.9. The second kappa shape index (κ2) is 7.95. The van der Waals surface area contributed by atoms with E-state index in [9.17, 15) is 9.59 Å². The van der Waals surface area contributed by atoms with E-state index in [0.29, 0.717) is 36.6 Å². The molecule has 1 atom stereocenters. The summed E-state index contributed by atoms with van der Waals surface area (Å²) in [5, 5.41) is 2.82. The molecule has 1 saturated heterocycles. The molecule has 2 aromatic rings. The van der Waals surface area contributed by atoms with Crippen molar-refractivity contribution >= 4 is 12.0 Å². The summed E-state index contributed by atoms with van der Waals surface area (Å²) in [5.74, 6) is 0.533. The number of aryl methyl sites for hydroxylation is 2. The van der Waals surface area contributed by atoms with Crippen LogP contribution in [-0.4, -0.2) is 46.0 Å². The second-order valence-electron chi connectivity index (χ2n) is 6.36. The van der Waals surface area contributed by atoms with E-state index in [1.165, 1.54) is 0 Å².